The lowest BCUT2D eigenvalue weighted by molar-refractivity contribution is 0.358. The summed E-state index contributed by atoms with van der Waals surface area (Å²) in [6.45, 7) is 1.79. The topological polar surface area (TPSA) is 55.4 Å². The molecule has 1 aliphatic heterocycles. The van der Waals surface area contributed by atoms with Crippen LogP contribution in [-0.2, 0) is 16.4 Å². The molecule has 4 nitrogen and oxygen atoms in total. The van der Waals surface area contributed by atoms with Crippen LogP contribution in [0.25, 0.3) is 0 Å². The van der Waals surface area contributed by atoms with Crippen molar-refractivity contribution in [2.24, 2.45) is 0 Å². The van der Waals surface area contributed by atoms with Crippen LogP contribution in [0.2, 0.25) is 0 Å². The van der Waals surface area contributed by atoms with E-state index in [-0.39, 0.29) is 35.6 Å². The number of benzene rings is 2. The van der Waals surface area contributed by atoms with E-state index in [0.29, 0.717) is 24.8 Å². The molecule has 0 aromatic heterocycles. The maximum atomic E-state index is 14.8. The fourth-order valence-electron chi connectivity index (χ4n) is 3.50. The Hall–Kier alpha value is -2.48. The number of hydrogen-bond donors (Lipinski definition) is 1. The third-order valence-electron chi connectivity index (χ3n) is 5.46. The smallest absolute Gasteiger partial charge is 0.238 e. The Morgan fingerprint density at radius 3 is 2.55 bits per heavy atom. The minimum atomic E-state index is -3.89. The number of nitrogens with one attached hydrogen (secondary N) is 1. The van der Waals surface area contributed by atoms with Crippen LogP contribution in [0.3, 0.4) is 0 Å². The number of anilines is 1. The third-order valence-corrected chi connectivity index (χ3v) is 7.65. The summed E-state index contributed by atoms with van der Waals surface area (Å²) in [7, 11) is -3.89. The predicted molar refractivity (Wildman–Crippen MR) is 104 cm³/mol. The summed E-state index contributed by atoms with van der Waals surface area (Å²) < 4.78 is 76.3. The van der Waals surface area contributed by atoms with E-state index < -0.39 is 32.2 Å². The standard InChI is InChI=1S/C21H20F3NO3S/c1-13-4-5-14(16(22)10-13)11-15-19(24)17(23)12-18-20(15)25-29(26,27)21(7-8-21)6-2-3-9-28-18/h2-5,10,12,25H,6-9,11H2,1H3/b3-2+. The van der Waals surface area contributed by atoms with E-state index in [2.05, 4.69) is 4.72 Å². The van der Waals surface area contributed by atoms with Crippen molar-refractivity contribution >= 4 is 15.7 Å². The minimum Gasteiger partial charge on any atom is -0.487 e. The van der Waals surface area contributed by atoms with Gasteiger partial charge in [0, 0.05) is 18.1 Å². The molecule has 0 bridgehead atoms. The number of sulfonamides is 1. The van der Waals surface area contributed by atoms with Crippen LogP contribution < -0.4 is 9.46 Å². The molecule has 4 rings (SSSR count). The maximum Gasteiger partial charge on any atom is 0.238 e. The SMILES string of the molecule is Cc1ccc(Cc2c(F)c(F)cc3c2NS(=O)(=O)C2(C/C=C/CO3)CC2)c(F)c1. The number of allylic oxidation sites excluding steroid dienone is 1. The summed E-state index contributed by atoms with van der Waals surface area (Å²) in [6.07, 6.45) is 4.33. The molecule has 0 amide bonds. The highest BCUT2D eigenvalue weighted by Crippen LogP contribution is 2.49. The maximum absolute atomic E-state index is 14.8. The zero-order valence-corrected chi connectivity index (χ0v) is 16.6. The molecular formula is C21H20F3NO3S. The monoisotopic (exact) mass is 423 g/mol. The molecule has 1 aliphatic carbocycles. The Morgan fingerprint density at radius 1 is 1.10 bits per heavy atom. The molecule has 0 unspecified atom stereocenters. The van der Waals surface area contributed by atoms with Gasteiger partial charge in [-0.2, -0.15) is 0 Å². The summed E-state index contributed by atoms with van der Waals surface area (Å²) >= 11 is 0. The average molecular weight is 423 g/mol. The molecule has 0 radical (unpaired) electrons. The highest BCUT2D eigenvalue weighted by atomic mass is 32.2. The van der Waals surface area contributed by atoms with Gasteiger partial charge < -0.3 is 4.74 Å². The van der Waals surface area contributed by atoms with Crippen LogP contribution in [0.15, 0.2) is 36.4 Å². The van der Waals surface area contributed by atoms with E-state index in [9.17, 15) is 21.6 Å². The van der Waals surface area contributed by atoms with E-state index in [1.165, 1.54) is 12.1 Å². The molecule has 8 heteroatoms. The van der Waals surface area contributed by atoms with Crippen LogP contribution in [0.5, 0.6) is 5.75 Å². The van der Waals surface area contributed by atoms with Gasteiger partial charge in [-0.25, -0.2) is 21.6 Å². The van der Waals surface area contributed by atoms with Crippen LogP contribution in [-0.4, -0.2) is 19.8 Å². The van der Waals surface area contributed by atoms with Gasteiger partial charge in [0.2, 0.25) is 10.0 Å². The first kappa shape index (κ1) is 19.8. The van der Waals surface area contributed by atoms with Gasteiger partial charge in [-0.1, -0.05) is 24.3 Å². The van der Waals surface area contributed by atoms with Crippen molar-refractivity contribution in [1.29, 1.82) is 0 Å². The summed E-state index contributed by atoms with van der Waals surface area (Å²) in [5, 5.41) is 0. The van der Waals surface area contributed by atoms with Gasteiger partial charge in [0.15, 0.2) is 11.6 Å². The quantitative estimate of drug-likeness (QED) is 0.718. The van der Waals surface area contributed by atoms with E-state index in [0.717, 1.165) is 6.07 Å². The zero-order chi connectivity index (χ0) is 20.8. The van der Waals surface area contributed by atoms with Crippen molar-refractivity contribution in [2.75, 3.05) is 11.3 Å². The zero-order valence-electron chi connectivity index (χ0n) is 15.8. The summed E-state index contributed by atoms with van der Waals surface area (Å²) in [6, 6.07) is 5.23. The normalized spacial score (nSPS) is 20.3. The van der Waals surface area contributed by atoms with E-state index >= 15 is 0 Å². The Labute approximate surface area is 167 Å². The second-order valence-electron chi connectivity index (χ2n) is 7.57. The molecule has 154 valence electrons. The van der Waals surface area contributed by atoms with E-state index in [1.807, 2.05) is 0 Å². The van der Waals surface area contributed by atoms with Crippen LogP contribution in [0.1, 0.15) is 36.0 Å². The Morgan fingerprint density at radius 2 is 1.86 bits per heavy atom. The number of aryl methyl sites for hydroxylation is 1. The second kappa shape index (κ2) is 7.09. The molecule has 1 saturated carbocycles. The molecule has 1 heterocycles. The van der Waals surface area contributed by atoms with Crippen LogP contribution >= 0.6 is 0 Å². The first-order chi connectivity index (χ1) is 13.7. The van der Waals surface area contributed by atoms with Gasteiger partial charge in [-0.15, -0.1) is 0 Å². The molecule has 29 heavy (non-hydrogen) atoms. The lowest BCUT2D eigenvalue weighted by Crippen LogP contribution is -2.30. The van der Waals surface area contributed by atoms with Crippen molar-refractivity contribution in [3.63, 3.8) is 0 Å². The fourth-order valence-corrected chi connectivity index (χ4v) is 5.16. The summed E-state index contributed by atoms with van der Waals surface area (Å²) in [5.74, 6) is -3.12. The predicted octanol–water partition coefficient (Wildman–Crippen LogP) is 4.62. The van der Waals surface area contributed by atoms with E-state index in [1.54, 1.807) is 25.1 Å². The molecule has 1 spiro atoms. The summed E-state index contributed by atoms with van der Waals surface area (Å²) in [5.41, 5.74) is 0.345. The molecule has 2 aromatic rings. The van der Waals surface area contributed by atoms with E-state index in [4.69, 9.17) is 4.74 Å². The summed E-state index contributed by atoms with van der Waals surface area (Å²) in [4.78, 5) is 0. The molecule has 0 saturated heterocycles. The molecule has 1 N–H and O–H groups in total. The molecular weight excluding hydrogens is 403 g/mol. The fraction of sp³-hybridized carbons (Fsp3) is 0.333. The highest BCUT2D eigenvalue weighted by molar-refractivity contribution is 7.94. The van der Waals surface area contributed by atoms with Gasteiger partial charge in [-0.3, -0.25) is 4.72 Å². The van der Waals surface area contributed by atoms with Crippen molar-refractivity contribution < 1.29 is 26.3 Å². The molecule has 2 aliphatic rings. The highest BCUT2D eigenvalue weighted by Gasteiger charge is 2.54. The molecule has 1 fully saturated rings. The minimum absolute atomic E-state index is 0.0776. The second-order valence-corrected chi connectivity index (χ2v) is 9.65. The third kappa shape index (κ3) is 3.61. The first-order valence-corrected chi connectivity index (χ1v) is 10.8. The van der Waals surface area contributed by atoms with Gasteiger partial charge >= 0.3 is 0 Å². The van der Waals surface area contributed by atoms with Crippen molar-refractivity contribution in [3.8, 4) is 5.75 Å². The molecule has 2 aromatic carbocycles. The number of fused-ring (bicyclic) bond motifs is 1. The van der Waals surface area contributed by atoms with Gasteiger partial charge in [0.25, 0.3) is 0 Å². The first-order valence-electron chi connectivity index (χ1n) is 9.28. The van der Waals surface area contributed by atoms with Crippen molar-refractivity contribution in [2.45, 2.75) is 37.4 Å². The van der Waals surface area contributed by atoms with Crippen molar-refractivity contribution in [1.82, 2.24) is 0 Å². The van der Waals surface area contributed by atoms with Gasteiger partial charge in [0.1, 0.15) is 18.2 Å². The average Bonchev–Trinajstić information content (AvgIpc) is 3.44. The molecule has 0 atom stereocenters. The van der Waals surface area contributed by atoms with Gasteiger partial charge in [0.05, 0.1) is 10.4 Å². The lowest BCUT2D eigenvalue weighted by atomic mass is 10.0. The Kier molecular flexibility index (Phi) is 4.85. The van der Waals surface area contributed by atoms with Crippen LogP contribution in [0, 0.1) is 24.4 Å². The number of halogens is 3. The van der Waals surface area contributed by atoms with Gasteiger partial charge in [-0.05, 0) is 43.4 Å². The Balaban J connectivity index is 1.86. The number of rotatable bonds is 2. The van der Waals surface area contributed by atoms with Crippen LogP contribution in [0.4, 0.5) is 18.9 Å². The largest absolute Gasteiger partial charge is 0.487 e. The van der Waals surface area contributed by atoms with Crippen molar-refractivity contribution in [3.05, 3.63) is 70.6 Å². The number of ether oxygens (including phenoxy) is 1. The lowest BCUT2D eigenvalue weighted by Gasteiger charge is -2.22. The number of hydrogen-bond acceptors (Lipinski definition) is 3. The Bertz CT molecular complexity index is 1110.